The van der Waals surface area contributed by atoms with Crippen LogP contribution in [0.15, 0.2) is 18.3 Å². The topological polar surface area (TPSA) is 50.2 Å². The fourth-order valence-electron chi connectivity index (χ4n) is 3.57. The molecule has 1 aromatic heterocycles. The van der Waals surface area contributed by atoms with Gasteiger partial charge in [-0.25, -0.2) is 0 Å². The zero-order valence-corrected chi connectivity index (χ0v) is 11.3. The molecule has 19 heavy (non-hydrogen) atoms. The van der Waals surface area contributed by atoms with E-state index in [4.69, 9.17) is 0 Å². The second-order valence-corrected chi connectivity index (χ2v) is 5.95. The van der Waals surface area contributed by atoms with Gasteiger partial charge in [-0.3, -0.25) is 9.78 Å². The number of nitrogens with zero attached hydrogens (tertiary/aromatic N) is 1. The molecule has 0 aliphatic heterocycles. The standard InChI is InChI=1S/C16H21NO2/c18-15(16(19)9-2-1-3-10-16)13-8-4-6-12-7-5-11-17-14(12)13/h5,7,11,13,19H,1-4,6,8-10H2. The van der Waals surface area contributed by atoms with Crippen molar-refractivity contribution in [2.24, 2.45) is 0 Å². The number of ketones is 1. The molecule has 1 unspecified atom stereocenters. The molecule has 3 nitrogen and oxygen atoms in total. The molecule has 2 aliphatic carbocycles. The first-order valence-corrected chi connectivity index (χ1v) is 7.41. The smallest absolute Gasteiger partial charge is 0.173 e. The van der Waals surface area contributed by atoms with Crippen LogP contribution >= 0.6 is 0 Å². The number of aromatic nitrogens is 1. The third-order valence-corrected chi connectivity index (χ3v) is 4.65. The Morgan fingerprint density at radius 3 is 2.84 bits per heavy atom. The minimum atomic E-state index is -1.09. The number of aliphatic hydroxyl groups is 1. The van der Waals surface area contributed by atoms with Crippen LogP contribution in [0, 0.1) is 0 Å². The predicted molar refractivity (Wildman–Crippen MR) is 73.0 cm³/mol. The minimum Gasteiger partial charge on any atom is -0.382 e. The van der Waals surface area contributed by atoms with Gasteiger partial charge >= 0.3 is 0 Å². The molecule has 0 spiro atoms. The lowest BCUT2D eigenvalue weighted by molar-refractivity contribution is -0.142. The number of rotatable bonds is 2. The molecular formula is C16H21NO2. The molecule has 3 rings (SSSR count). The van der Waals surface area contributed by atoms with Crippen LogP contribution in [0.1, 0.15) is 62.1 Å². The number of pyridine rings is 1. The van der Waals surface area contributed by atoms with Crippen LogP contribution in [-0.2, 0) is 11.2 Å². The number of hydrogen-bond donors (Lipinski definition) is 1. The molecule has 2 aliphatic rings. The third-order valence-electron chi connectivity index (χ3n) is 4.65. The molecule has 1 heterocycles. The molecule has 0 saturated heterocycles. The summed E-state index contributed by atoms with van der Waals surface area (Å²) in [5.74, 6) is -0.167. The summed E-state index contributed by atoms with van der Waals surface area (Å²) in [4.78, 5) is 17.2. The SMILES string of the molecule is O=C(C1CCCc2cccnc21)C1(O)CCCCC1. The molecule has 1 N–H and O–H groups in total. The highest BCUT2D eigenvalue weighted by Gasteiger charge is 2.42. The minimum absolute atomic E-state index is 0.0202. The van der Waals surface area contributed by atoms with Crippen LogP contribution < -0.4 is 0 Å². The summed E-state index contributed by atoms with van der Waals surface area (Å²) in [6, 6.07) is 3.99. The zero-order valence-electron chi connectivity index (χ0n) is 11.3. The maximum Gasteiger partial charge on any atom is 0.173 e. The van der Waals surface area contributed by atoms with Crippen LogP contribution in [0.3, 0.4) is 0 Å². The normalized spacial score (nSPS) is 25.6. The summed E-state index contributed by atoms with van der Waals surface area (Å²) in [5.41, 5.74) is 1.01. The monoisotopic (exact) mass is 259 g/mol. The van der Waals surface area contributed by atoms with Crippen molar-refractivity contribution in [2.45, 2.75) is 62.9 Å². The highest BCUT2D eigenvalue weighted by molar-refractivity contribution is 5.93. The van der Waals surface area contributed by atoms with Crippen molar-refractivity contribution >= 4 is 5.78 Å². The van der Waals surface area contributed by atoms with Gasteiger partial charge in [0.2, 0.25) is 0 Å². The quantitative estimate of drug-likeness (QED) is 0.888. The van der Waals surface area contributed by atoms with E-state index in [9.17, 15) is 9.90 Å². The van der Waals surface area contributed by atoms with Gasteiger partial charge in [0.25, 0.3) is 0 Å². The van der Waals surface area contributed by atoms with Crippen molar-refractivity contribution in [1.82, 2.24) is 4.98 Å². The van der Waals surface area contributed by atoms with Gasteiger partial charge in [-0.2, -0.15) is 0 Å². The third kappa shape index (κ3) is 2.32. The van der Waals surface area contributed by atoms with Gasteiger partial charge in [-0.15, -0.1) is 0 Å². The van der Waals surface area contributed by atoms with Crippen LogP contribution in [0.4, 0.5) is 0 Å². The summed E-state index contributed by atoms with van der Waals surface area (Å²) in [7, 11) is 0. The molecule has 1 atom stereocenters. The number of fused-ring (bicyclic) bond motifs is 1. The van der Waals surface area contributed by atoms with E-state index < -0.39 is 5.60 Å². The van der Waals surface area contributed by atoms with Crippen molar-refractivity contribution in [1.29, 1.82) is 0 Å². The lowest BCUT2D eigenvalue weighted by Gasteiger charge is -2.35. The van der Waals surface area contributed by atoms with Crippen LogP contribution in [-0.4, -0.2) is 21.5 Å². The number of hydrogen-bond acceptors (Lipinski definition) is 3. The van der Waals surface area contributed by atoms with E-state index in [0.717, 1.165) is 44.2 Å². The Bertz CT molecular complexity index is 477. The Morgan fingerprint density at radius 1 is 1.26 bits per heavy atom. The average molecular weight is 259 g/mol. The Balaban J connectivity index is 1.88. The molecule has 1 fully saturated rings. The van der Waals surface area contributed by atoms with Gasteiger partial charge < -0.3 is 5.11 Å². The Hall–Kier alpha value is -1.22. The van der Waals surface area contributed by atoms with Gasteiger partial charge in [-0.05, 0) is 43.7 Å². The van der Waals surface area contributed by atoms with Gasteiger partial charge in [-0.1, -0.05) is 25.3 Å². The number of carbonyl (C=O) groups excluding carboxylic acids is 1. The molecule has 1 saturated carbocycles. The van der Waals surface area contributed by atoms with E-state index >= 15 is 0 Å². The molecule has 0 bridgehead atoms. The number of carbonyl (C=O) groups is 1. The number of aryl methyl sites for hydroxylation is 1. The zero-order chi connectivity index (χ0) is 13.3. The largest absolute Gasteiger partial charge is 0.382 e. The molecule has 0 aromatic carbocycles. The first kappa shape index (κ1) is 12.8. The van der Waals surface area contributed by atoms with Gasteiger partial charge in [0, 0.05) is 6.20 Å². The van der Waals surface area contributed by atoms with Crippen molar-refractivity contribution < 1.29 is 9.90 Å². The molecule has 102 valence electrons. The molecule has 0 radical (unpaired) electrons. The van der Waals surface area contributed by atoms with Crippen LogP contribution in [0.25, 0.3) is 0 Å². The van der Waals surface area contributed by atoms with E-state index in [1.54, 1.807) is 6.20 Å². The van der Waals surface area contributed by atoms with Crippen molar-refractivity contribution in [3.63, 3.8) is 0 Å². The summed E-state index contributed by atoms with van der Waals surface area (Å²) in [5, 5.41) is 10.6. The fraction of sp³-hybridized carbons (Fsp3) is 0.625. The fourth-order valence-corrected chi connectivity index (χ4v) is 3.57. The Labute approximate surface area is 114 Å². The first-order valence-electron chi connectivity index (χ1n) is 7.41. The van der Waals surface area contributed by atoms with E-state index in [0.29, 0.717) is 12.8 Å². The molecule has 1 aromatic rings. The Morgan fingerprint density at radius 2 is 2.05 bits per heavy atom. The van der Waals surface area contributed by atoms with E-state index in [-0.39, 0.29) is 11.7 Å². The molecular weight excluding hydrogens is 238 g/mol. The highest BCUT2D eigenvalue weighted by atomic mass is 16.3. The van der Waals surface area contributed by atoms with Gasteiger partial charge in [0.1, 0.15) is 5.60 Å². The number of Topliss-reactive ketones (excluding diaryl/α,β-unsaturated/α-hetero) is 1. The van der Waals surface area contributed by atoms with E-state index in [1.807, 2.05) is 6.07 Å². The first-order chi connectivity index (χ1) is 9.21. The van der Waals surface area contributed by atoms with Crippen LogP contribution in [0.2, 0.25) is 0 Å². The maximum atomic E-state index is 12.7. The second-order valence-electron chi connectivity index (χ2n) is 5.95. The molecule has 0 amide bonds. The summed E-state index contributed by atoms with van der Waals surface area (Å²) in [6.07, 6.45) is 8.94. The lowest BCUT2D eigenvalue weighted by atomic mass is 9.73. The maximum absolute atomic E-state index is 12.7. The van der Waals surface area contributed by atoms with Gasteiger partial charge in [0.05, 0.1) is 11.6 Å². The van der Waals surface area contributed by atoms with Gasteiger partial charge in [0.15, 0.2) is 5.78 Å². The van der Waals surface area contributed by atoms with Crippen molar-refractivity contribution in [3.8, 4) is 0 Å². The average Bonchev–Trinajstić information content (AvgIpc) is 2.47. The summed E-state index contributed by atoms with van der Waals surface area (Å²) >= 11 is 0. The lowest BCUT2D eigenvalue weighted by Crippen LogP contribution is -2.44. The summed E-state index contributed by atoms with van der Waals surface area (Å²) in [6.45, 7) is 0. The van der Waals surface area contributed by atoms with Crippen molar-refractivity contribution in [3.05, 3.63) is 29.6 Å². The highest BCUT2D eigenvalue weighted by Crippen LogP contribution is 2.38. The van der Waals surface area contributed by atoms with E-state index in [1.165, 1.54) is 5.56 Å². The second kappa shape index (κ2) is 5.04. The van der Waals surface area contributed by atoms with Crippen LogP contribution in [0.5, 0.6) is 0 Å². The Kier molecular flexibility index (Phi) is 3.40. The predicted octanol–water partition coefficient (Wildman–Crippen LogP) is 2.77. The van der Waals surface area contributed by atoms with Crippen molar-refractivity contribution in [2.75, 3.05) is 0 Å². The summed E-state index contributed by atoms with van der Waals surface area (Å²) < 4.78 is 0. The molecule has 3 heteroatoms. The van der Waals surface area contributed by atoms with E-state index in [2.05, 4.69) is 11.1 Å².